The van der Waals surface area contributed by atoms with Crippen molar-refractivity contribution in [3.8, 4) is 22.5 Å². The van der Waals surface area contributed by atoms with E-state index in [0.717, 1.165) is 11.1 Å². The maximum atomic E-state index is 12.6. The summed E-state index contributed by atoms with van der Waals surface area (Å²) in [6.45, 7) is 5.68. The van der Waals surface area contributed by atoms with Gasteiger partial charge >= 0.3 is 5.97 Å². The smallest absolute Gasteiger partial charge is 0.330 e. The fourth-order valence-electron chi connectivity index (χ4n) is 4.60. The third-order valence-corrected chi connectivity index (χ3v) is 6.69. The molecule has 5 aromatic rings. The van der Waals surface area contributed by atoms with Crippen molar-refractivity contribution in [1.29, 1.82) is 0 Å². The van der Waals surface area contributed by atoms with Gasteiger partial charge in [0.2, 0.25) is 11.6 Å². The van der Waals surface area contributed by atoms with Crippen molar-refractivity contribution in [1.82, 2.24) is 9.97 Å². The number of amides is 1. The van der Waals surface area contributed by atoms with Crippen LogP contribution in [0.3, 0.4) is 0 Å². The van der Waals surface area contributed by atoms with Gasteiger partial charge in [-0.3, -0.25) is 4.79 Å². The topological polar surface area (TPSA) is 117 Å². The van der Waals surface area contributed by atoms with E-state index in [1.807, 2.05) is 67.6 Å². The highest BCUT2D eigenvalue weighted by molar-refractivity contribution is 6.06. The molecular weight excluding hydrogens is 504 g/mol. The fourth-order valence-corrected chi connectivity index (χ4v) is 4.60. The number of furan rings is 1. The molecule has 3 aromatic carbocycles. The van der Waals surface area contributed by atoms with Crippen LogP contribution < -0.4 is 10.6 Å². The van der Waals surface area contributed by atoms with E-state index in [9.17, 15) is 14.7 Å². The van der Waals surface area contributed by atoms with Gasteiger partial charge in [0.25, 0.3) is 0 Å². The third kappa shape index (κ3) is 5.33. The molecule has 0 aliphatic heterocycles. The van der Waals surface area contributed by atoms with Crippen LogP contribution in [0.2, 0.25) is 0 Å². The molecule has 8 heteroatoms. The summed E-state index contributed by atoms with van der Waals surface area (Å²) in [5, 5.41) is 16.6. The van der Waals surface area contributed by atoms with Crippen molar-refractivity contribution in [2.24, 2.45) is 5.92 Å². The molecule has 0 saturated carbocycles. The number of carbonyl (C=O) groups excluding carboxylic acids is 1. The lowest BCUT2D eigenvalue weighted by Crippen LogP contribution is -2.21. The standard InChI is InChI=1S/C32H28N4O4/c1-3-20(4-2)30(37)35-24-17-15-21(16-18-24)25-26-29(36-27(32(38)39)22-11-7-5-8-12-22)33-19-34-31(26)40-28(25)23-13-9-6-10-14-23/h3,5-20,27H,1,4H2,2H3,(H,35,37)(H,38,39)(H,33,34,36)/t20?,27-/m0/s1. The molecule has 2 atom stereocenters. The second-order valence-corrected chi connectivity index (χ2v) is 9.22. The average molecular weight is 533 g/mol. The Hall–Kier alpha value is -5.24. The van der Waals surface area contributed by atoms with E-state index >= 15 is 0 Å². The van der Waals surface area contributed by atoms with Crippen LogP contribution in [0.5, 0.6) is 0 Å². The van der Waals surface area contributed by atoms with Crippen LogP contribution >= 0.6 is 0 Å². The van der Waals surface area contributed by atoms with Gasteiger partial charge in [-0.15, -0.1) is 6.58 Å². The van der Waals surface area contributed by atoms with Crippen molar-refractivity contribution in [2.75, 3.05) is 10.6 Å². The summed E-state index contributed by atoms with van der Waals surface area (Å²) in [5.74, 6) is -0.544. The molecular formula is C32H28N4O4. The highest BCUT2D eigenvalue weighted by Gasteiger charge is 2.26. The lowest BCUT2D eigenvalue weighted by molar-refractivity contribution is -0.138. The number of hydrogen-bond acceptors (Lipinski definition) is 6. The fraction of sp³-hybridized carbons (Fsp3) is 0.125. The van der Waals surface area contributed by atoms with Crippen LogP contribution in [0.4, 0.5) is 11.5 Å². The van der Waals surface area contributed by atoms with Gasteiger partial charge in [-0.2, -0.15) is 0 Å². The number of rotatable bonds is 10. The number of carboxylic acid groups (broad SMARTS) is 1. The van der Waals surface area contributed by atoms with Crippen LogP contribution in [-0.2, 0) is 9.59 Å². The minimum Gasteiger partial charge on any atom is -0.479 e. The molecule has 0 radical (unpaired) electrons. The normalized spacial score (nSPS) is 12.4. The quantitative estimate of drug-likeness (QED) is 0.167. The van der Waals surface area contributed by atoms with E-state index in [4.69, 9.17) is 4.42 Å². The van der Waals surface area contributed by atoms with Crippen molar-refractivity contribution >= 4 is 34.5 Å². The van der Waals surface area contributed by atoms with Gasteiger partial charge in [-0.1, -0.05) is 85.8 Å². The van der Waals surface area contributed by atoms with Crippen molar-refractivity contribution in [2.45, 2.75) is 19.4 Å². The van der Waals surface area contributed by atoms with Crippen LogP contribution in [0, 0.1) is 5.92 Å². The molecule has 1 amide bonds. The minimum atomic E-state index is -1.05. The maximum Gasteiger partial charge on any atom is 0.330 e. The van der Waals surface area contributed by atoms with Crippen LogP contribution in [0.15, 0.2) is 108 Å². The number of nitrogens with one attached hydrogen (secondary N) is 2. The van der Waals surface area contributed by atoms with Gasteiger partial charge in [0.1, 0.15) is 17.9 Å². The highest BCUT2D eigenvalue weighted by Crippen LogP contribution is 2.43. The molecule has 2 aromatic heterocycles. The van der Waals surface area contributed by atoms with Crippen LogP contribution in [-0.4, -0.2) is 27.0 Å². The third-order valence-electron chi connectivity index (χ3n) is 6.69. The molecule has 2 heterocycles. The zero-order chi connectivity index (χ0) is 28.1. The first kappa shape index (κ1) is 26.4. The Kier molecular flexibility index (Phi) is 7.68. The molecule has 200 valence electrons. The zero-order valence-electron chi connectivity index (χ0n) is 21.9. The van der Waals surface area contributed by atoms with E-state index in [1.165, 1.54) is 6.33 Å². The number of aliphatic carboxylic acids is 1. The summed E-state index contributed by atoms with van der Waals surface area (Å²) in [6.07, 6.45) is 3.64. The largest absolute Gasteiger partial charge is 0.479 e. The van der Waals surface area contributed by atoms with Crippen LogP contribution in [0.1, 0.15) is 24.9 Å². The first-order valence-electron chi connectivity index (χ1n) is 12.9. The number of anilines is 2. The van der Waals surface area contributed by atoms with Crippen molar-refractivity contribution in [3.05, 3.63) is 109 Å². The molecule has 0 aliphatic carbocycles. The van der Waals surface area contributed by atoms with Gasteiger partial charge in [-0.25, -0.2) is 14.8 Å². The summed E-state index contributed by atoms with van der Waals surface area (Å²) < 4.78 is 6.26. The molecule has 3 N–H and O–H groups in total. The molecule has 0 aliphatic rings. The number of carboxylic acids is 1. The van der Waals surface area contributed by atoms with Gasteiger partial charge in [0.15, 0.2) is 6.04 Å². The molecule has 5 rings (SSSR count). The molecule has 1 unspecified atom stereocenters. The maximum absolute atomic E-state index is 12.6. The number of carbonyl (C=O) groups is 2. The van der Waals surface area contributed by atoms with E-state index < -0.39 is 12.0 Å². The zero-order valence-corrected chi connectivity index (χ0v) is 21.9. The van der Waals surface area contributed by atoms with Crippen LogP contribution in [0.25, 0.3) is 33.6 Å². The van der Waals surface area contributed by atoms with Gasteiger partial charge in [0, 0.05) is 16.8 Å². The van der Waals surface area contributed by atoms with E-state index in [-0.39, 0.29) is 11.8 Å². The minimum absolute atomic E-state index is 0.121. The van der Waals surface area contributed by atoms with Gasteiger partial charge in [-0.05, 0) is 29.7 Å². The Bertz CT molecular complexity index is 1650. The number of fused-ring (bicyclic) bond motifs is 1. The molecule has 0 saturated heterocycles. The lowest BCUT2D eigenvalue weighted by atomic mass is 9.98. The molecule has 0 bridgehead atoms. The Morgan fingerprint density at radius 3 is 2.25 bits per heavy atom. The summed E-state index contributed by atoms with van der Waals surface area (Å²) in [7, 11) is 0. The Morgan fingerprint density at radius 1 is 0.950 bits per heavy atom. The summed E-state index contributed by atoms with van der Waals surface area (Å²) in [6, 6.07) is 24.9. The van der Waals surface area contributed by atoms with Crippen molar-refractivity contribution < 1.29 is 19.1 Å². The monoisotopic (exact) mass is 532 g/mol. The number of hydrogen-bond donors (Lipinski definition) is 3. The lowest BCUT2D eigenvalue weighted by Gasteiger charge is -2.16. The van der Waals surface area contributed by atoms with Gasteiger partial charge in [0.05, 0.1) is 11.3 Å². The predicted molar refractivity (Wildman–Crippen MR) is 156 cm³/mol. The van der Waals surface area contributed by atoms with E-state index in [0.29, 0.717) is 45.9 Å². The second kappa shape index (κ2) is 11.7. The first-order valence-corrected chi connectivity index (χ1v) is 12.9. The Labute approximate surface area is 231 Å². The molecule has 40 heavy (non-hydrogen) atoms. The predicted octanol–water partition coefficient (Wildman–Crippen LogP) is 6.95. The van der Waals surface area contributed by atoms with Gasteiger partial charge < -0.3 is 20.2 Å². The Balaban J connectivity index is 1.62. The number of benzene rings is 3. The average Bonchev–Trinajstić information content (AvgIpc) is 3.38. The van der Waals surface area contributed by atoms with Crippen molar-refractivity contribution in [3.63, 3.8) is 0 Å². The molecule has 8 nitrogen and oxygen atoms in total. The highest BCUT2D eigenvalue weighted by atomic mass is 16.4. The molecule has 0 fully saturated rings. The summed E-state index contributed by atoms with van der Waals surface area (Å²) in [5.41, 5.74) is 3.87. The SMILES string of the molecule is C=CC(CC)C(=O)Nc1ccc(-c2c(-c3ccccc3)oc3ncnc(N[C@H](C(=O)O)c4ccccc4)c23)cc1. The molecule has 0 spiro atoms. The van der Waals surface area contributed by atoms with E-state index in [2.05, 4.69) is 27.2 Å². The number of aromatic nitrogens is 2. The first-order chi connectivity index (χ1) is 19.5. The summed E-state index contributed by atoms with van der Waals surface area (Å²) >= 11 is 0. The van der Waals surface area contributed by atoms with E-state index in [1.54, 1.807) is 30.3 Å². The second-order valence-electron chi connectivity index (χ2n) is 9.22. The Morgan fingerprint density at radius 2 is 1.62 bits per heavy atom. The number of nitrogens with zero attached hydrogens (tertiary/aromatic N) is 2. The summed E-state index contributed by atoms with van der Waals surface area (Å²) in [4.78, 5) is 33.6.